The van der Waals surface area contributed by atoms with Crippen LogP contribution in [0.5, 0.6) is 0 Å². The molecule has 0 unspecified atom stereocenters. The molecule has 1 amide bonds. The lowest BCUT2D eigenvalue weighted by Gasteiger charge is -2.09. The van der Waals surface area contributed by atoms with Gasteiger partial charge in [-0.15, -0.1) is 11.3 Å². The summed E-state index contributed by atoms with van der Waals surface area (Å²) >= 11 is 7.33. The van der Waals surface area contributed by atoms with Gasteiger partial charge in [-0.05, 0) is 29.0 Å². The molecule has 0 aliphatic heterocycles. The van der Waals surface area contributed by atoms with E-state index in [2.05, 4.69) is 20.6 Å². The average molecular weight is 299 g/mol. The summed E-state index contributed by atoms with van der Waals surface area (Å²) in [5.74, 6) is 0.962. The first-order valence-electron chi connectivity index (χ1n) is 5.97. The third-order valence-electron chi connectivity index (χ3n) is 2.42. The number of hydrogen-bond acceptors (Lipinski definition) is 5. The summed E-state index contributed by atoms with van der Waals surface area (Å²) in [5, 5.41) is 8.81. The number of nitrogens with one attached hydrogen (secondary N) is 2. The van der Waals surface area contributed by atoms with Crippen LogP contribution in [0.1, 0.15) is 13.8 Å². The first-order valence-corrected chi connectivity index (χ1v) is 7.23. The molecule has 0 bridgehead atoms. The minimum Gasteiger partial charge on any atom is -0.360 e. The maximum atomic E-state index is 11.6. The molecule has 0 radical (unpaired) electrons. The van der Waals surface area contributed by atoms with Gasteiger partial charge in [0.05, 0.1) is 11.9 Å². The van der Waals surface area contributed by atoms with Crippen LogP contribution in [0, 0.1) is 5.92 Å². The maximum absolute atomic E-state index is 11.6. The number of anilines is 1. The number of rotatable bonds is 5. The average Bonchev–Trinajstić information content (AvgIpc) is 2.81. The number of thiophene rings is 1. The van der Waals surface area contributed by atoms with Crippen LogP contribution in [-0.4, -0.2) is 29.0 Å². The minimum absolute atomic E-state index is 0.0631. The molecule has 2 aromatic rings. The molecule has 0 spiro atoms. The molecule has 0 saturated carbocycles. The van der Waals surface area contributed by atoms with E-state index in [-0.39, 0.29) is 17.7 Å². The van der Waals surface area contributed by atoms with Crippen LogP contribution in [0.4, 0.5) is 5.82 Å². The first-order chi connectivity index (χ1) is 9.06. The lowest BCUT2D eigenvalue weighted by Crippen LogP contribution is -2.32. The highest BCUT2D eigenvalue weighted by Crippen LogP contribution is 2.26. The van der Waals surface area contributed by atoms with E-state index in [4.69, 9.17) is 11.6 Å². The van der Waals surface area contributed by atoms with Crippen LogP contribution in [-0.2, 0) is 4.79 Å². The van der Waals surface area contributed by atoms with Gasteiger partial charge < -0.3 is 10.6 Å². The number of fused-ring (bicyclic) bond motifs is 1. The predicted octanol–water partition coefficient (Wildman–Crippen LogP) is 2.53. The third kappa shape index (κ3) is 3.78. The molecule has 2 heterocycles. The zero-order chi connectivity index (χ0) is 13.8. The van der Waals surface area contributed by atoms with Gasteiger partial charge in [-0.2, -0.15) is 0 Å². The molecule has 0 aromatic carbocycles. The molecule has 0 atom stereocenters. The molecule has 7 heteroatoms. The fraction of sp³-hybridized carbons (Fsp3) is 0.417. The Kier molecular flexibility index (Phi) is 4.55. The van der Waals surface area contributed by atoms with Gasteiger partial charge in [0.2, 0.25) is 11.2 Å². The molecule has 5 nitrogen and oxygen atoms in total. The van der Waals surface area contributed by atoms with E-state index >= 15 is 0 Å². The Balaban J connectivity index is 2.01. The molecule has 0 aliphatic carbocycles. The van der Waals surface area contributed by atoms with Crippen molar-refractivity contribution < 1.29 is 4.79 Å². The van der Waals surface area contributed by atoms with Crippen molar-refractivity contribution in [1.29, 1.82) is 0 Å². The molecule has 2 N–H and O–H groups in total. The molecule has 102 valence electrons. The number of nitrogens with zero attached hydrogens (tertiary/aromatic N) is 2. The number of aromatic nitrogens is 2. The second-order valence-corrected chi connectivity index (χ2v) is 5.76. The molecule has 2 rings (SSSR count). The van der Waals surface area contributed by atoms with Crippen molar-refractivity contribution in [3.63, 3.8) is 0 Å². The van der Waals surface area contributed by atoms with Crippen molar-refractivity contribution in [1.82, 2.24) is 15.3 Å². The molecule has 0 saturated heterocycles. The highest BCUT2D eigenvalue weighted by Gasteiger charge is 2.09. The van der Waals surface area contributed by atoms with Gasteiger partial charge in [-0.3, -0.25) is 4.79 Å². The summed E-state index contributed by atoms with van der Waals surface area (Å²) < 4.78 is 0. The van der Waals surface area contributed by atoms with E-state index < -0.39 is 0 Å². The molecule has 2 aromatic heterocycles. The Bertz CT molecular complexity index is 584. The van der Waals surface area contributed by atoms with Gasteiger partial charge >= 0.3 is 0 Å². The highest BCUT2D eigenvalue weighted by atomic mass is 35.5. The van der Waals surface area contributed by atoms with Crippen LogP contribution >= 0.6 is 22.9 Å². The lowest BCUT2D eigenvalue weighted by atomic mass is 10.2. The van der Waals surface area contributed by atoms with Crippen molar-refractivity contribution in [2.75, 3.05) is 18.4 Å². The highest BCUT2D eigenvalue weighted by molar-refractivity contribution is 7.16. The summed E-state index contributed by atoms with van der Waals surface area (Å²) in [7, 11) is 0. The monoisotopic (exact) mass is 298 g/mol. The van der Waals surface area contributed by atoms with Gasteiger partial charge in [-0.1, -0.05) is 13.8 Å². The largest absolute Gasteiger partial charge is 0.360 e. The van der Waals surface area contributed by atoms with E-state index in [1.807, 2.05) is 25.3 Å². The SMILES string of the molecule is CC(C)CNC(=O)CNc1nc(Cl)nc2sccc12. The number of amides is 1. The number of hydrogen-bond donors (Lipinski definition) is 2. The summed E-state index contributed by atoms with van der Waals surface area (Å²) in [5.41, 5.74) is 0. The fourth-order valence-corrected chi connectivity index (χ4v) is 2.49. The van der Waals surface area contributed by atoms with Gasteiger partial charge in [0.15, 0.2) is 0 Å². The van der Waals surface area contributed by atoms with Crippen molar-refractivity contribution in [3.8, 4) is 0 Å². The van der Waals surface area contributed by atoms with Gasteiger partial charge in [0, 0.05) is 6.54 Å². The van der Waals surface area contributed by atoms with E-state index in [9.17, 15) is 4.79 Å². The Morgan fingerprint density at radius 2 is 2.26 bits per heavy atom. The standard InChI is InChI=1S/C12H15ClN4OS/c1-7(2)5-14-9(18)6-15-10-8-3-4-19-11(8)17-12(13)16-10/h3-4,7H,5-6H2,1-2H3,(H,14,18)(H,15,16,17). The summed E-state index contributed by atoms with van der Waals surface area (Å²) in [6, 6.07) is 1.91. The van der Waals surface area contributed by atoms with Crippen molar-refractivity contribution >= 4 is 44.9 Å². The van der Waals surface area contributed by atoms with E-state index in [1.165, 1.54) is 11.3 Å². The van der Waals surface area contributed by atoms with E-state index in [0.29, 0.717) is 18.3 Å². The zero-order valence-electron chi connectivity index (χ0n) is 10.7. The van der Waals surface area contributed by atoms with E-state index in [1.54, 1.807) is 0 Å². The molecule has 0 fully saturated rings. The van der Waals surface area contributed by atoms with Gasteiger partial charge in [-0.25, -0.2) is 9.97 Å². The summed E-state index contributed by atoms with van der Waals surface area (Å²) in [6.45, 7) is 4.93. The topological polar surface area (TPSA) is 66.9 Å². The second-order valence-electron chi connectivity index (χ2n) is 4.53. The van der Waals surface area contributed by atoms with Crippen molar-refractivity contribution in [2.24, 2.45) is 5.92 Å². The summed E-state index contributed by atoms with van der Waals surface area (Å²) in [4.78, 5) is 20.7. The zero-order valence-corrected chi connectivity index (χ0v) is 12.3. The van der Waals surface area contributed by atoms with Gasteiger partial charge in [0.25, 0.3) is 0 Å². The number of halogens is 1. The summed E-state index contributed by atoms with van der Waals surface area (Å²) in [6.07, 6.45) is 0. The van der Waals surface area contributed by atoms with Crippen molar-refractivity contribution in [2.45, 2.75) is 13.8 Å². The Labute approximate surface area is 120 Å². The minimum atomic E-state index is -0.0631. The van der Waals surface area contributed by atoms with Crippen LogP contribution in [0.2, 0.25) is 5.28 Å². The van der Waals surface area contributed by atoms with Crippen LogP contribution < -0.4 is 10.6 Å². The van der Waals surface area contributed by atoms with Crippen LogP contribution in [0.3, 0.4) is 0 Å². The lowest BCUT2D eigenvalue weighted by molar-refractivity contribution is -0.119. The van der Waals surface area contributed by atoms with Gasteiger partial charge in [0.1, 0.15) is 10.6 Å². The fourth-order valence-electron chi connectivity index (χ4n) is 1.51. The first kappa shape index (κ1) is 14.0. The Morgan fingerprint density at radius 3 is 3.00 bits per heavy atom. The third-order valence-corrected chi connectivity index (χ3v) is 3.40. The molecular formula is C12H15ClN4OS. The van der Waals surface area contributed by atoms with Crippen molar-refractivity contribution in [3.05, 3.63) is 16.7 Å². The van der Waals surface area contributed by atoms with Crippen LogP contribution in [0.15, 0.2) is 11.4 Å². The second kappa shape index (κ2) is 6.16. The normalized spacial score (nSPS) is 10.9. The van der Waals surface area contributed by atoms with E-state index in [0.717, 1.165) is 10.2 Å². The molecular weight excluding hydrogens is 284 g/mol. The van der Waals surface area contributed by atoms with Crippen LogP contribution in [0.25, 0.3) is 10.2 Å². The quantitative estimate of drug-likeness (QED) is 0.833. The predicted molar refractivity (Wildman–Crippen MR) is 78.8 cm³/mol. The molecule has 19 heavy (non-hydrogen) atoms. The Morgan fingerprint density at radius 1 is 1.47 bits per heavy atom. The smallest absolute Gasteiger partial charge is 0.239 e. The maximum Gasteiger partial charge on any atom is 0.239 e. The number of carbonyl (C=O) groups is 1. The Hall–Kier alpha value is -1.40. The number of carbonyl (C=O) groups excluding carboxylic acids is 1. The molecule has 0 aliphatic rings.